The summed E-state index contributed by atoms with van der Waals surface area (Å²) in [7, 11) is 0. The fourth-order valence-electron chi connectivity index (χ4n) is 2.07. The fourth-order valence-corrected chi connectivity index (χ4v) is 2.52. The highest BCUT2D eigenvalue weighted by molar-refractivity contribution is 9.12. The van der Waals surface area contributed by atoms with Gasteiger partial charge in [-0.25, -0.2) is 0 Å². The first-order chi connectivity index (χ1) is 7.63. The first kappa shape index (κ1) is 11.7. The van der Waals surface area contributed by atoms with E-state index in [1.54, 1.807) is 0 Å². The van der Waals surface area contributed by atoms with E-state index in [-0.39, 0.29) is 24.3 Å². The van der Waals surface area contributed by atoms with Crippen molar-refractivity contribution in [3.8, 4) is 0 Å². The predicted molar refractivity (Wildman–Crippen MR) is 63.3 cm³/mol. The van der Waals surface area contributed by atoms with Crippen LogP contribution in [0.25, 0.3) is 0 Å². The van der Waals surface area contributed by atoms with Gasteiger partial charge in [-0.2, -0.15) is 0 Å². The Kier molecular flexibility index (Phi) is 3.40. The minimum Gasteiger partial charge on any atom is -0.373 e. The van der Waals surface area contributed by atoms with E-state index < -0.39 is 0 Å². The fraction of sp³-hybridized carbons (Fsp3) is 0.500. The van der Waals surface area contributed by atoms with Crippen LogP contribution in [0.4, 0.5) is 0 Å². The molecule has 0 saturated carbocycles. The second kappa shape index (κ2) is 4.63. The van der Waals surface area contributed by atoms with E-state index in [1.165, 1.54) is 6.08 Å². The minimum absolute atomic E-state index is 0.0501. The number of hydrogen-bond acceptors (Lipinski definition) is 3. The van der Waals surface area contributed by atoms with E-state index >= 15 is 0 Å². The summed E-state index contributed by atoms with van der Waals surface area (Å²) >= 11 is 3.10. The van der Waals surface area contributed by atoms with Crippen LogP contribution in [0.1, 0.15) is 26.2 Å². The van der Waals surface area contributed by atoms with Crippen molar-refractivity contribution in [3.63, 3.8) is 0 Å². The lowest BCUT2D eigenvalue weighted by Gasteiger charge is -2.27. The maximum atomic E-state index is 11.8. The molecule has 0 saturated heterocycles. The molecule has 1 heterocycles. The molecule has 0 amide bonds. The normalized spacial score (nSPS) is 25.6. The van der Waals surface area contributed by atoms with E-state index in [0.717, 1.165) is 12.8 Å². The Bertz CT molecular complexity index is 406. The van der Waals surface area contributed by atoms with Gasteiger partial charge in [-0.3, -0.25) is 9.59 Å². The van der Waals surface area contributed by atoms with Crippen molar-refractivity contribution in [2.75, 3.05) is 6.61 Å². The summed E-state index contributed by atoms with van der Waals surface area (Å²) < 4.78 is 5.92. The molecule has 86 valence electrons. The molecule has 0 unspecified atom stereocenters. The van der Waals surface area contributed by atoms with Crippen molar-refractivity contribution >= 4 is 27.5 Å². The molecule has 0 fully saturated rings. The van der Waals surface area contributed by atoms with Gasteiger partial charge >= 0.3 is 0 Å². The molecule has 2 aliphatic rings. The second-order valence-corrected chi connectivity index (χ2v) is 4.92. The van der Waals surface area contributed by atoms with Gasteiger partial charge in [0.15, 0.2) is 11.6 Å². The number of ketones is 2. The SMILES string of the molecule is CCC[C@H]1CC2=C(CO1)C(=O)C(Br)=CC2=O. The number of carbonyl (C=O) groups is 2. The molecule has 0 bridgehead atoms. The molecule has 0 N–H and O–H groups in total. The Balaban J connectivity index is 2.24. The van der Waals surface area contributed by atoms with E-state index in [1.807, 2.05) is 0 Å². The Hall–Kier alpha value is -0.740. The van der Waals surface area contributed by atoms with Crippen molar-refractivity contribution < 1.29 is 14.3 Å². The van der Waals surface area contributed by atoms with Crippen LogP contribution in [0.15, 0.2) is 21.7 Å². The first-order valence-electron chi connectivity index (χ1n) is 5.43. The summed E-state index contributed by atoms with van der Waals surface area (Å²) in [6, 6.07) is 0. The monoisotopic (exact) mass is 284 g/mol. The highest BCUT2D eigenvalue weighted by Crippen LogP contribution is 2.31. The lowest BCUT2D eigenvalue weighted by molar-refractivity contribution is -0.117. The van der Waals surface area contributed by atoms with Crippen molar-refractivity contribution in [3.05, 3.63) is 21.7 Å². The van der Waals surface area contributed by atoms with Gasteiger partial charge < -0.3 is 4.74 Å². The highest BCUT2D eigenvalue weighted by atomic mass is 79.9. The largest absolute Gasteiger partial charge is 0.373 e. The lowest BCUT2D eigenvalue weighted by atomic mass is 9.88. The topological polar surface area (TPSA) is 43.4 Å². The molecule has 0 aromatic heterocycles. The predicted octanol–water partition coefficient (Wildman–Crippen LogP) is 2.30. The molecule has 1 atom stereocenters. The van der Waals surface area contributed by atoms with Gasteiger partial charge in [-0.1, -0.05) is 13.3 Å². The van der Waals surface area contributed by atoms with Crippen LogP contribution in [0.3, 0.4) is 0 Å². The molecule has 0 spiro atoms. The quantitative estimate of drug-likeness (QED) is 0.731. The minimum atomic E-state index is -0.107. The van der Waals surface area contributed by atoms with Gasteiger partial charge in [-0.15, -0.1) is 0 Å². The van der Waals surface area contributed by atoms with Crippen LogP contribution < -0.4 is 0 Å². The Labute approximate surface area is 103 Å². The molecule has 1 aliphatic heterocycles. The van der Waals surface area contributed by atoms with Crippen LogP contribution in [-0.2, 0) is 14.3 Å². The van der Waals surface area contributed by atoms with Crippen LogP contribution >= 0.6 is 15.9 Å². The zero-order chi connectivity index (χ0) is 11.7. The summed E-state index contributed by atoms with van der Waals surface area (Å²) in [6.07, 6.45) is 3.99. The van der Waals surface area contributed by atoms with E-state index in [9.17, 15) is 9.59 Å². The maximum Gasteiger partial charge on any atom is 0.198 e. The molecule has 4 heteroatoms. The van der Waals surface area contributed by atoms with Crippen molar-refractivity contribution in [2.45, 2.75) is 32.3 Å². The number of rotatable bonds is 2. The van der Waals surface area contributed by atoms with Gasteiger partial charge in [-0.05, 0) is 22.4 Å². The van der Waals surface area contributed by atoms with Crippen molar-refractivity contribution in [1.82, 2.24) is 0 Å². The third-order valence-corrected chi connectivity index (χ3v) is 3.51. The molecular formula is C12H13BrO3. The van der Waals surface area contributed by atoms with E-state index in [2.05, 4.69) is 22.9 Å². The molecular weight excluding hydrogens is 272 g/mol. The van der Waals surface area contributed by atoms with Gasteiger partial charge in [0.1, 0.15) is 0 Å². The van der Waals surface area contributed by atoms with Gasteiger partial charge in [0.05, 0.1) is 17.2 Å². The molecule has 3 nitrogen and oxygen atoms in total. The molecule has 1 aliphatic carbocycles. The summed E-state index contributed by atoms with van der Waals surface area (Å²) in [5.41, 5.74) is 1.18. The summed E-state index contributed by atoms with van der Waals surface area (Å²) in [4.78, 5) is 23.5. The second-order valence-electron chi connectivity index (χ2n) is 4.07. The summed E-state index contributed by atoms with van der Waals surface area (Å²) in [5, 5.41) is 0. The Morgan fingerprint density at radius 1 is 1.44 bits per heavy atom. The number of ether oxygens (including phenoxy) is 1. The van der Waals surface area contributed by atoms with Gasteiger partial charge in [0, 0.05) is 23.6 Å². The van der Waals surface area contributed by atoms with Crippen LogP contribution in [0.2, 0.25) is 0 Å². The van der Waals surface area contributed by atoms with Crippen LogP contribution in [-0.4, -0.2) is 24.3 Å². The number of hydrogen-bond donors (Lipinski definition) is 0. The third-order valence-electron chi connectivity index (χ3n) is 2.92. The molecule has 2 rings (SSSR count). The molecule has 0 aromatic carbocycles. The molecule has 0 aromatic rings. The van der Waals surface area contributed by atoms with E-state index in [4.69, 9.17) is 4.74 Å². The molecule has 16 heavy (non-hydrogen) atoms. The summed E-state index contributed by atoms with van der Waals surface area (Å²) in [6.45, 7) is 2.35. The van der Waals surface area contributed by atoms with Gasteiger partial charge in [0.2, 0.25) is 0 Å². The van der Waals surface area contributed by atoms with Gasteiger partial charge in [0.25, 0.3) is 0 Å². The van der Waals surface area contributed by atoms with Crippen LogP contribution in [0.5, 0.6) is 0 Å². The average molecular weight is 285 g/mol. The first-order valence-corrected chi connectivity index (χ1v) is 6.22. The van der Waals surface area contributed by atoms with Crippen LogP contribution in [0, 0.1) is 0 Å². The lowest BCUT2D eigenvalue weighted by Crippen LogP contribution is -2.30. The highest BCUT2D eigenvalue weighted by Gasteiger charge is 2.32. The Morgan fingerprint density at radius 2 is 2.19 bits per heavy atom. The summed E-state index contributed by atoms with van der Waals surface area (Å²) in [5.74, 6) is -0.157. The average Bonchev–Trinajstić information content (AvgIpc) is 2.27. The maximum absolute atomic E-state index is 11.8. The number of allylic oxidation sites excluding steroid dienone is 2. The number of halogens is 1. The number of Topliss-reactive ketones (excluding diaryl/α,β-unsaturated/α-hetero) is 1. The van der Waals surface area contributed by atoms with Crippen molar-refractivity contribution in [2.24, 2.45) is 0 Å². The Morgan fingerprint density at radius 3 is 2.88 bits per heavy atom. The van der Waals surface area contributed by atoms with Crippen molar-refractivity contribution in [1.29, 1.82) is 0 Å². The smallest absolute Gasteiger partial charge is 0.198 e. The number of carbonyl (C=O) groups excluding carboxylic acids is 2. The standard InChI is InChI=1S/C12H13BrO3/c1-2-3-7-4-8-9(6-16-7)12(15)10(13)5-11(8)14/h5,7H,2-4,6H2,1H3/t7-/m0/s1. The van der Waals surface area contributed by atoms with E-state index in [0.29, 0.717) is 22.0 Å². The zero-order valence-electron chi connectivity index (χ0n) is 9.09. The zero-order valence-corrected chi connectivity index (χ0v) is 10.7. The third kappa shape index (κ3) is 2.04. The molecule has 0 radical (unpaired) electrons.